The molecule has 3 heterocycles. The molecule has 1 saturated heterocycles. The highest BCUT2D eigenvalue weighted by Crippen LogP contribution is 2.18. The van der Waals surface area contributed by atoms with E-state index >= 15 is 0 Å². The number of hydrogen-bond acceptors (Lipinski definition) is 5. The van der Waals surface area contributed by atoms with Crippen LogP contribution in [0.2, 0.25) is 0 Å². The summed E-state index contributed by atoms with van der Waals surface area (Å²) in [5, 5.41) is 13.6. The van der Waals surface area contributed by atoms with E-state index in [1.807, 2.05) is 10.8 Å². The third-order valence-corrected chi connectivity index (χ3v) is 6.21. The summed E-state index contributed by atoms with van der Waals surface area (Å²) in [6, 6.07) is 17.2. The Hall–Kier alpha value is -2.45. The Morgan fingerprint density at radius 2 is 1.45 bits per heavy atom. The van der Waals surface area contributed by atoms with E-state index in [0.717, 1.165) is 56.8 Å². The van der Waals surface area contributed by atoms with Crippen molar-refractivity contribution in [3.8, 4) is 5.69 Å². The van der Waals surface area contributed by atoms with E-state index in [9.17, 15) is 0 Å². The summed E-state index contributed by atoms with van der Waals surface area (Å²) in [5.74, 6) is 0. The number of rotatable bonds is 8. The lowest BCUT2D eigenvalue weighted by Crippen LogP contribution is -2.47. The molecule has 0 amide bonds. The van der Waals surface area contributed by atoms with Crippen LogP contribution in [0.25, 0.3) is 16.6 Å². The highest BCUT2D eigenvalue weighted by Gasteiger charge is 2.16. The number of aryl methyl sites for hydroxylation is 1. The molecule has 2 aromatic heterocycles. The van der Waals surface area contributed by atoms with Crippen molar-refractivity contribution in [1.82, 2.24) is 34.3 Å². The quantitative estimate of drug-likeness (QED) is 0.379. The molecule has 1 aliphatic heterocycles. The van der Waals surface area contributed by atoms with Crippen molar-refractivity contribution in [2.75, 3.05) is 39.3 Å². The molecule has 0 aliphatic carbocycles. The summed E-state index contributed by atoms with van der Waals surface area (Å²) in [5.41, 5.74) is 3.66. The highest BCUT2D eigenvalue weighted by molar-refractivity contribution is 5.85. The van der Waals surface area contributed by atoms with Crippen LogP contribution in [0.1, 0.15) is 12.0 Å². The van der Waals surface area contributed by atoms with E-state index in [0.29, 0.717) is 0 Å². The van der Waals surface area contributed by atoms with Gasteiger partial charge in [-0.05, 0) is 43.1 Å². The minimum Gasteiger partial charge on any atom is -0.301 e. The maximum absolute atomic E-state index is 4.62. The van der Waals surface area contributed by atoms with E-state index in [-0.39, 0.29) is 24.8 Å². The van der Waals surface area contributed by atoms with E-state index in [2.05, 4.69) is 78.3 Å². The van der Waals surface area contributed by atoms with Crippen LogP contribution in [0.5, 0.6) is 0 Å². The maximum Gasteiger partial charge on any atom is 0.123 e. The molecule has 0 radical (unpaired) electrons. The first-order valence-corrected chi connectivity index (χ1v) is 11.1. The molecule has 1 fully saturated rings. The lowest BCUT2D eigenvalue weighted by molar-refractivity contribution is 0.131. The summed E-state index contributed by atoms with van der Waals surface area (Å²) >= 11 is 0. The summed E-state index contributed by atoms with van der Waals surface area (Å²) in [6.45, 7) is 7.87. The van der Waals surface area contributed by atoms with Gasteiger partial charge in [-0.1, -0.05) is 30.3 Å². The summed E-state index contributed by atoms with van der Waals surface area (Å²) < 4.78 is 4.05. The second-order valence-corrected chi connectivity index (χ2v) is 8.25. The molecule has 0 atom stereocenters. The van der Waals surface area contributed by atoms with Gasteiger partial charge in [0.1, 0.15) is 12.7 Å². The summed E-state index contributed by atoms with van der Waals surface area (Å²) in [7, 11) is 0. The number of nitrogens with zero attached hydrogens (tertiary/aromatic N) is 7. The monoisotopic (exact) mass is 487 g/mol. The van der Waals surface area contributed by atoms with E-state index in [4.69, 9.17) is 0 Å². The fraction of sp³-hybridized carbons (Fsp3) is 0.375. The first-order valence-electron chi connectivity index (χ1n) is 11.1. The van der Waals surface area contributed by atoms with Crippen molar-refractivity contribution in [2.45, 2.75) is 19.4 Å². The minimum absolute atomic E-state index is 0. The second-order valence-electron chi connectivity index (χ2n) is 8.25. The fourth-order valence-corrected chi connectivity index (χ4v) is 4.34. The smallest absolute Gasteiger partial charge is 0.123 e. The molecule has 0 unspecified atom stereocenters. The largest absolute Gasteiger partial charge is 0.301 e. The third kappa shape index (κ3) is 6.32. The molecule has 1 aliphatic rings. The molecule has 4 aromatic rings. The molecule has 9 heteroatoms. The Morgan fingerprint density at radius 3 is 2.18 bits per heavy atom. The minimum atomic E-state index is 0. The Bertz CT molecular complexity index is 1090. The van der Waals surface area contributed by atoms with Gasteiger partial charge in [0.05, 0.1) is 17.4 Å². The average Bonchev–Trinajstić information content (AvgIpc) is 3.49. The third-order valence-electron chi connectivity index (χ3n) is 6.21. The van der Waals surface area contributed by atoms with Gasteiger partial charge in [0, 0.05) is 44.7 Å². The van der Waals surface area contributed by atoms with Crippen molar-refractivity contribution in [3.05, 3.63) is 72.9 Å². The SMILES string of the molecule is Cl.Cl.c1ccc(CCN2CCN(CCCn3ncc4ccc(-n5cnnc5)cc43)CC2)cc1. The van der Waals surface area contributed by atoms with Gasteiger partial charge in [0.2, 0.25) is 0 Å². The van der Waals surface area contributed by atoms with Gasteiger partial charge in [-0.15, -0.1) is 35.0 Å². The predicted molar refractivity (Wildman–Crippen MR) is 137 cm³/mol. The lowest BCUT2D eigenvalue weighted by atomic mass is 10.1. The van der Waals surface area contributed by atoms with Gasteiger partial charge in [0.15, 0.2) is 0 Å². The zero-order chi connectivity index (χ0) is 20.9. The van der Waals surface area contributed by atoms with Crippen LogP contribution < -0.4 is 0 Å². The van der Waals surface area contributed by atoms with Crippen molar-refractivity contribution in [1.29, 1.82) is 0 Å². The van der Waals surface area contributed by atoms with Gasteiger partial charge in [-0.2, -0.15) is 5.10 Å². The molecule has 0 N–H and O–H groups in total. The van der Waals surface area contributed by atoms with Crippen LogP contribution in [0.15, 0.2) is 67.4 Å². The van der Waals surface area contributed by atoms with Gasteiger partial charge in [0.25, 0.3) is 0 Å². The normalized spacial score (nSPS) is 14.7. The molecular formula is C24H31Cl2N7. The van der Waals surface area contributed by atoms with Gasteiger partial charge in [-0.3, -0.25) is 9.25 Å². The number of halogens is 2. The van der Waals surface area contributed by atoms with Crippen LogP contribution in [-0.4, -0.2) is 73.6 Å². The van der Waals surface area contributed by atoms with Crippen LogP contribution in [0, 0.1) is 0 Å². The number of piperazine rings is 1. The van der Waals surface area contributed by atoms with Gasteiger partial charge in [-0.25, -0.2) is 0 Å². The molecule has 33 heavy (non-hydrogen) atoms. The molecule has 176 valence electrons. The molecule has 0 spiro atoms. The molecule has 5 rings (SSSR count). The van der Waals surface area contributed by atoms with Crippen molar-refractivity contribution in [3.63, 3.8) is 0 Å². The molecule has 2 aromatic carbocycles. The summed E-state index contributed by atoms with van der Waals surface area (Å²) in [4.78, 5) is 5.18. The zero-order valence-electron chi connectivity index (χ0n) is 18.7. The molecular weight excluding hydrogens is 457 g/mol. The first kappa shape index (κ1) is 25.2. The van der Waals surface area contributed by atoms with E-state index in [1.54, 1.807) is 12.7 Å². The van der Waals surface area contributed by atoms with Crippen molar-refractivity contribution >= 4 is 35.7 Å². The van der Waals surface area contributed by atoms with E-state index < -0.39 is 0 Å². The lowest BCUT2D eigenvalue weighted by Gasteiger charge is -2.34. The van der Waals surface area contributed by atoms with Crippen molar-refractivity contribution < 1.29 is 0 Å². The predicted octanol–water partition coefficient (Wildman–Crippen LogP) is 3.71. The number of fused-ring (bicyclic) bond motifs is 1. The number of hydrogen-bond donors (Lipinski definition) is 0. The average molecular weight is 488 g/mol. The van der Waals surface area contributed by atoms with Gasteiger partial charge >= 0.3 is 0 Å². The van der Waals surface area contributed by atoms with Crippen LogP contribution in [0.3, 0.4) is 0 Å². The van der Waals surface area contributed by atoms with Crippen molar-refractivity contribution in [2.24, 2.45) is 0 Å². The topological polar surface area (TPSA) is 55.0 Å². The Balaban J connectivity index is 0.00000153. The Labute approximate surface area is 207 Å². The van der Waals surface area contributed by atoms with Gasteiger partial charge < -0.3 is 9.80 Å². The van der Waals surface area contributed by atoms with Crippen LogP contribution in [0.4, 0.5) is 0 Å². The number of benzene rings is 2. The van der Waals surface area contributed by atoms with Crippen LogP contribution >= 0.6 is 24.8 Å². The van der Waals surface area contributed by atoms with E-state index in [1.165, 1.54) is 24.0 Å². The summed E-state index contributed by atoms with van der Waals surface area (Å²) in [6.07, 6.45) is 7.65. The second kappa shape index (κ2) is 12.1. The zero-order valence-corrected chi connectivity index (χ0v) is 20.3. The fourth-order valence-electron chi connectivity index (χ4n) is 4.34. The van der Waals surface area contributed by atoms with Crippen LogP contribution in [-0.2, 0) is 13.0 Å². The standard InChI is InChI=1S/C24H29N7.2ClH/c1-2-5-21(6-3-1)9-12-29-15-13-28(14-16-29)10-4-11-31-24-17-23(30-19-25-26-20-30)8-7-22(24)18-27-31;;/h1-3,5-8,17-20H,4,9-16H2;2*1H. The molecule has 7 nitrogen and oxygen atoms in total. The number of aromatic nitrogens is 5. The highest BCUT2D eigenvalue weighted by atomic mass is 35.5. The Morgan fingerprint density at radius 1 is 0.758 bits per heavy atom. The Kier molecular flexibility index (Phi) is 9.26. The molecule has 0 saturated carbocycles. The molecule has 0 bridgehead atoms. The first-order chi connectivity index (χ1) is 15.3. The maximum atomic E-state index is 4.62.